The first-order valence-electron chi connectivity index (χ1n) is 9.36. The molecule has 0 aromatic carbocycles. The molecule has 2 aromatic heterocycles. The minimum Gasteiger partial charge on any atom is -0.267 e. The molecule has 0 N–H and O–H groups in total. The SMILES string of the molecule is CC/C=C(/Br)c1c(C)ncnc1-c1cn(C(CC#N)C2CCCC2)nc1Br. The molecule has 1 aliphatic rings. The lowest BCUT2D eigenvalue weighted by Crippen LogP contribution is -2.17. The van der Waals surface area contributed by atoms with E-state index in [0.29, 0.717) is 12.3 Å². The van der Waals surface area contributed by atoms with Crippen LogP contribution in [0.25, 0.3) is 15.7 Å². The van der Waals surface area contributed by atoms with Gasteiger partial charge in [0.25, 0.3) is 0 Å². The molecule has 0 aliphatic heterocycles. The monoisotopic (exact) mass is 491 g/mol. The van der Waals surface area contributed by atoms with Crippen molar-refractivity contribution < 1.29 is 0 Å². The maximum absolute atomic E-state index is 9.33. The van der Waals surface area contributed by atoms with Crippen LogP contribution < -0.4 is 0 Å². The Labute approximate surface area is 177 Å². The summed E-state index contributed by atoms with van der Waals surface area (Å²) in [6.07, 6.45) is 12.0. The van der Waals surface area contributed by atoms with Crippen molar-refractivity contribution in [1.82, 2.24) is 19.7 Å². The largest absolute Gasteiger partial charge is 0.267 e. The van der Waals surface area contributed by atoms with E-state index in [1.165, 1.54) is 25.7 Å². The smallest absolute Gasteiger partial charge is 0.137 e. The fraction of sp³-hybridized carbons (Fsp3) is 0.500. The van der Waals surface area contributed by atoms with E-state index in [0.717, 1.165) is 38.0 Å². The Bertz CT molecular complexity index is 875. The minimum atomic E-state index is 0.114. The first kappa shape index (κ1) is 20.2. The lowest BCUT2D eigenvalue weighted by molar-refractivity contribution is 0.314. The average Bonchev–Trinajstić information content (AvgIpc) is 3.29. The summed E-state index contributed by atoms with van der Waals surface area (Å²) in [5, 5.41) is 14.0. The van der Waals surface area contributed by atoms with E-state index in [1.807, 2.05) is 17.8 Å². The van der Waals surface area contributed by atoms with Crippen LogP contribution >= 0.6 is 31.9 Å². The Morgan fingerprint density at radius 1 is 1.41 bits per heavy atom. The molecule has 7 heteroatoms. The van der Waals surface area contributed by atoms with Gasteiger partial charge in [-0.2, -0.15) is 10.4 Å². The summed E-state index contributed by atoms with van der Waals surface area (Å²) in [4.78, 5) is 8.92. The second-order valence-electron chi connectivity index (χ2n) is 6.93. The molecular weight excluding hydrogens is 470 g/mol. The number of halogens is 2. The van der Waals surface area contributed by atoms with Gasteiger partial charge >= 0.3 is 0 Å². The van der Waals surface area contributed by atoms with Crippen LogP contribution in [0.5, 0.6) is 0 Å². The topological polar surface area (TPSA) is 67.4 Å². The zero-order valence-electron chi connectivity index (χ0n) is 15.6. The molecule has 1 saturated carbocycles. The van der Waals surface area contributed by atoms with E-state index in [-0.39, 0.29) is 6.04 Å². The molecule has 1 aliphatic carbocycles. The maximum atomic E-state index is 9.33. The van der Waals surface area contributed by atoms with Gasteiger partial charge in [0.2, 0.25) is 0 Å². The van der Waals surface area contributed by atoms with Crippen LogP contribution in [0.1, 0.15) is 62.7 Å². The van der Waals surface area contributed by atoms with Crippen molar-refractivity contribution in [2.24, 2.45) is 5.92 Å². The number of nitrogens with zero attached hydrogens (tertiary/aromatic N) is 5. The fourth-order valence-corrected chi connectivity index (χ4v) is 5.13. The fourth-order valence-electron chi connectivity index (χ4n) is 3.86. The number of aryl methyl sites for hydroxylation is 1. The Hall–Kier alpha value is -1.52. The van der Waals surface area contributed by atoms with E-state index < -0.39 is 0 Å². The van der Waals surface area contributed by atoms with E-state index in [4.69, 9.17) is 5.10 Å². The standard InChI is InChI=1S/C20H23Br2N5/c1-3-6-16(21)18-13(2)24-12-25-19(18)15-11-27(26-20(15)22)17(9-10-23)14-7-4-5-8-14/h6,11-12,14,17H,3-5,7-9H2,1-2H3/b16-6+. The van der Waals surface area contributed by atoms with Gasteiger partial charge in [-0.1, -0.05) is 41.8 Å². The molecule has 0 amide bonds. The Morgan fingerprint density at radius 2 is 2.15 bits per heavy atom. The predicted molar refractivity (Wildman–Crippen MR) is 114 cm³/mol. The highest BCUT2D eigenvalue weighted by molar-refractivity contribution is 9.15. The predicted octanol–water partition coefficient (Wildman–Crippen LogP) is 6.20. The van der Waals surface area contributed by atoms with Crippen molar-refractivity contribution in [1.29, 1.82) is 5.26 Å². The first-order valence-corrected chi connectivity index (χ1v) is 10.9. The molecular formula is C20H23Br2N5. The molecule has 0 saturated heterocycles. The van der Waals surface area contributed by atoms with Crippen LogP contribution in [-0.4, -0.2) is 19.7 Å². The third-order valence-corrected chi connectivity index (χ3v) is 6.49. The van der Waals surface area contributed by atoms with Gasteiger partial charge in [0, 0.05) is 21.9 Å². The zero-order chi connectivity index (χ0) is 19.4. The zero-order valence-corrected chi connectivity index (χ0v) is 18.8. The highest BCUT2D eigenvalue weighted by Gasteiger charge is 2.28. The van der Waals surface area contributed by atoms with Crippen LogP contribution in [0.2, 0.25) is 0 Å². The van der Waals surface area contributed by atoms with Crippen molar-refractivity contribution in [3.05, 3.63) is 34.5 Å². The van der Waals surface area contributed by atoms with Gasteiger partial charge in [0.05, 0.1) is 29.8 Å². The van der Waals surface area contributed by atoms with Crippen molar-refractivity contribution in [2.75, 3.05) is 0 Å². The second kappa shape index (κ2) is 9.11. The number of hydrogen-bond donors (Lipinski definition) is 0. The molecule has 0 radical (unpaired) electrons. The summed E-state index contributed by atoms with van der Waals surface area (Å²) in [7, 11) is 0. The van der Waals surface area contributed by atoms with E-state index >= 15 is 0 Å². The Balaban J connectivity index is 2.06. The van der Waals surface area contributed by atoms with Gasteiger partial charge in [0.1, 0.15) is 10.9 Å². The highest BCUT2D eigenvalue weighted by atomic mass is 79.9. The summed E-state index contributed by atoms with van der Waals surface area (Å²) in [5.41, 5.74) is 3.68. The number of nitriles is 1. The van der Waals surface area contributed by atoms with Gasteiger partial charge in [-0.3, -0.25) is 4.68 Å². The molecule has 5 nitrogen and oxygen atoms in total. The van der Waals surface area contributed by atoms with Gasteiger partial charge in [-0.25, -0.2) is 9.97 Å². The van der Waals surface area contributed by atoms with Gasteiger partial charge in [-0.15, -0.1) is 0 Å². The minimum absolute atomic E-state index is 0.114. The molecule has 0 bridgehead atoms. The highest BCUT2D eigenvalue weighted by Crippen LogP contribution is 2.39. The summed E-state index contributed by atoms with van der Waals surface area (Å²) in [6.45, 7) is 4.09. The summed E-state index contributed by atoms with van der Waals surface area (Å²) in [6, 6.07) is 2.46. The summed E-state index contributed by atoms with van der Waals surface area (Å²) >= 11 is 7.30. The Morgan fingerprint density at radius 3 is 2.81 bits per heavy atom. The van der Waals surface area contributed by atoms with E-state index in [2.05, 4.69) is 60.9 Å². The van der Waals surface area contributed by atoms with Crippen molar-refractivity contribution in [2.45, 2.75) is 58.4 Å². The van der Waals surface area contributed by atoms with Crippen molar-refractivity contribution in [3.8, 4) is 17.3 Å². The maximum Gasteiger partial charge on any atom is 0.137 e. The van der Waals surface area contributed by atoms with Crippen LogP contribution in [0.4, 0.5) is 0 Å². The number of hydrogen-bond acceptors (Lipinski definition) is 4. The number of aromatic nitrogens is 4. The summed E-state index contributed by atoms with van der Waals surface area (Å²) in [5.74, 6) is 0.516. The van der Waals surface area contributed by atoms with Crippen LogP contribution in [0, 0.1) is 24.2 Å². The third kappa shape index (κ3) is 4.33. The molecule has 1 fully saturated rings. The lowest BCUT2D eigenvalue weighted by atomic mass is 9.96. The molecule has 142 valence electrons. The molecule has 2 heterocycles. The quantitative estimate of drug-likeness (QED) is 0.481. The first-order chi connectivity index (χ1) is 13.1. The van der Waals surface area contributed by atoms with Crippen LogP contribution in [0.15, 0.2) is 23.2 Å². The third-order valence-electron chi connectivity index (χ3n) is 5.19. The van der Waals surface area contributed by atoms with Crippen molar-refractivity contribution in [3.63, 3.8) is 0 Å². The summed E-state index contributed by atoms with van der Waals surface area (Å²) < 4.78 is 3.71. The second-order valence-corrected chi connectivity index (χ2v) is 8.54. The normalized spacial score (nSPS) is 16.5. The van der Waals surface area contributed by atoms with E-state index in [1.54, 1.807) is 6.33 Å². The number of rotatable bonds is 6. The molecule has 1 atom stereocenters. The van der Waals surface area contributed by atoms with Gasteiger partial charge in [-0.05, 0) is 48.0 Å². The molecule has 1 unspecified atom stereocenters. The van der Waals surface area contributed by atoms with Crippen molar-refractivity contribution >= 4 is 36.3 Å². The van der Waals surface area contributed by atoms with Gasteiger partial charge in [0.15, 0.2) is 0 Å². The lowest BCUT2D eigenvalue weighted by Gasteiger charge is -2.21. The van der Waals surface area contributed by atoms with E-state index in [9.17, 15) is 5.26 Å². The number of allylic oxidation sites excluding steroid dienone is 1. The van der Waals surface area contributed by atoms with Crippen LogP contribution in [0.3, 0.4) is 0 Å². The molecule has 0 spiro atoms. The Kier molecular flexibility index (Phi) is 6.83. The average molecular weight is 493 g/mol. The van der Waals surface area contributed by atoms with Gasteiger partial charge < -0.3 is 0 Å². The van der Waals surface area contributed by atoms with Crippen LogP contribution in [-0.2, 0) is 0 Å². The molecule has 2 aromatic rings. The molecule has 3 rings (SSSR count). The molecule has 27 heavy (non-hydrogen) atoms.